The van der Waals surface area contributed by atoms with Gasteiger partial charge in [0.15, 0.2) is 0 Å². The number of aliphatic carboxylic acids is 1. The molecule has 31 heavy (non-hydrogen) atoms. The van der Waals surface area contributed by atoms with E-state index >= 15 is 0 Å². The minimum absolute atomic E-state index is 0.138. The third-order valence-electron chi connectivity index (χ3n) is 5.19. The molecule has 2 saturated heterocycles. The molecule has 2 aromatic rings. The molecule has 4 rings (SSSR count). The van der Waals surface area contributed by atoms with E-state index in [9.17, 15) is 18.0 Å². The van der Waals surface area contributed by atoms with Crippen LogP contribution in [0.5, 0.6) is 0 Å². The van der Waals surface area contributed by atoms with Crippen LogP contribution in [0.15, 0.2) is 39.6 Å². The van der Waals surface area contributed by atoms with E-state index in [0.717, 1.165) is 43.9 Å². The topological polar surface area (TPSA) is 83.2 Å². The molecular weight excluding hydrogens is 437 g/mol. The van der Waals surface area contributed by atoms with E-state index < -0.39 is 12.1 Å². The molecule has 2 atom stereocenters. The fourth-order valence-electron chi connectivity index (χ4n) is 3.64. The molecule has 0 saturated carbocycles. The summed E-state index contributed by atoms with van der Waals surface area (Å²) in [6, 6.07) is 5.85. The lowest BCUT2D eigenvalue weighted by molar-refractivity contribution is -0.192. The van der Waals surface area contributed by atoms with E-state index in [1.54, 1.807) is 17.6 Å². The summed E-state index contributed by atoms with van der Waals surface area (Å²) < 4.78 is 43.3. The summed E-state index contributed by atoms with van der Waals surface area (Å²) in [6.07, 6.45) is -2.11. The van der Waals surface area contributed by atoms with Crippen molar-refractivity contribution in [2.75, 3.05) is 32.8 Å². The summed E-state index contributed by atoms with van der Waals surface area (Å²) in [5, 5.41) is 11.0. The zero-order valence-corrected chi connectivity index (χ0v) is 17.4. The number of piperidine rings is 1. The Bertz CT molecular complexity index is 842. The number of alkyl halides is 3. The Morgan fingerprint density at radius 3 is 2.61 bits per heavy atom. The number of hydrogen-bond donors (Lipinski definition) is 1. The van der Waals surface area contributed by atoms with Gasteiger partial charge in [-0.2, -0.15) is 24.5 Å². The first-order chi connectivity index (χ1) is 14.7. The summed E-state index contributed by atoms with van der Waals surface area (Å²) in [5.41, 5.74) is 0.800. The number of fused-ring (bicyclic) bond motifs is 1. The second-order valence-electron chi connectivity index (χ2n) is 7.34. The number of carbonyl (C=O) groups excluding carboxylic acids is 1. The second-order valence-corrected chi connectivity index (χ2v) is 8.12. The van der Waals surface area contributed by atoms with Gasteiger partial charge in [-0.15, -0.1) is 0 Å². The van der Waals surface area contributed by atoms with Crippen LogP contribution in [0.1, 0.15) is 22.5 Å². The second kappa shape index (κ2) is 10.3. The molecule has 0 spiro atoms. The summed E-state index contributed by atoms with van der Waals surface area (Å²) in [4.78, 5) is 25.9. The molecule has 0 radical (unpaired) electrons. The molecule has 11 heteroatoms. The number of rotatable bonds is 3. The molecule has 0 aromatic carbocycles. The van der Waals surface area contributed by atoms with Gasteiger partial charge in [-0.25, -0.2) is 4.79 Å². The molecule has 2 fully saturated rings. The lowest BCUT2D eigenvalue weighted by Gasteiger charge is -2.37. The minimum atomic E-state index is -5.08. The molecule has 2 aromatic heterocycles. The van der Waals surface area contributed by atoms with Gasteiger partial charge in [0, 0.05) is 30.9 Å². The van der Waals surface area contributed by atoms with Gasteiger partial charge in [0.05, 0.1) is 31.1 Å². The molecule has 2 aliphatic rings. The monoisotopic (exact) mass is 460 g/mol. The maximum Gasteiger partial charge on any atom is 0.490 e. The van der Waals surface area contributed by atoms with Crippen molar-refractivity contribution < 1.29 is 37.0 Å². The third kappa shape index (κ3) is 6.55. The summed E-state index contributed by atoms with van der Waals surface area (Å²) in [6.45, 7) is 4.86. The van der Waals surface area contributed by atoms with Crippen LogP contribution in [-0.2, 0) is 16.1 Å². The number of ether oxygens (including phenoxy) is 1. The Kier molecular flexibility index (Phi) is 7.74. The predicted octanol–water partition coefficient (Wildman–Crippen LogP) is 3.34. The number of carboxylic acid groups (broad SMARTS) is 1. The molecule has 0 bridgehead atoms. The minimum Gasteiger partial charge on any atom is -0.475 e. The smallest absolute Gasteiger partial charge is 0.475 e. The molecule has 7 nitrogen and oxygen atoms in total. The van der Waals surface area contributed by atoms with E-state index in [4.69, 9.17) is 19.1 Å². The van der Waals surface area contributed by atoms with Gasteiger partial charge in [-0.3, -0.25) is 9.69 Å². The molecular formula is C20H23F3N2O5S. The Morgan fingerprint density at radius 1 is 1.23 bits per heavy atom. The molecule has 1 amide bonds. The number of halogens is 3. The van der Waals surface area contributed by atoms with Crippen LogP contribution in [0.4, 0.5) is 13.2 Å². The van der Waals surface area contributed by atoms with Gasteiger partial charge in [-0.1, -0.05) is 0 Å². The third-order valence-corrected chi connectivity index (χ3v) is 5.87. The average molecular weight is 460 g/mol. The van der Waals surface area contributed by atoms with Crippen LogP contribution in [0, 0.1) is 5.92 Å². The highest BCUT2D eigenvalue weighted by molar-refractivity contribution is 7.08. The standard InChI is InChI=1S/C18H22N2O3S.C2HF3O2/c21-18(15-4-9-24-13-15)20-6-8-23-17-12-19(5-3-14(17)10-20)11-16-2-1-7-22-16;3-2(4,5)1(6)7/h1-2,4,7,9,13-14,17H,3,5-6,8,10-12H2;(H,6,7)/t14-,17-;/m1./s1. The Balaban J connectivity index is 0.000000339. The van der Waals surface area contributed by atoms with E-state index in [1.165, 1.54) is 0 Å². The van der Waals surface area contributed by atoms with E-state index in [0.29, 0.717) is 19.1 Å². The normalized spacial score (nSPS) is 22.1. The lowest BCUT2D eigenvalue weighted by atomic mass is 9.93. The maximum absolute atomic E-state index is 12.6. The predicted molar refractivity (Wildman–Crippen MR) is 106 cm³/mol. The zero-order valence-electron chi connectivity index (χ0n) is 16.6. The van der Waals surface area contributed by atoms with Crippen LogP contribution < -0.4 is 0 Å². The summed E-state index contributed by atoms with van der Waals surface area (Å²) in [7, 11) is 0. The molecule has 1 N–H and O–H groups in total. The fraction of sp³-hybridized carbons (Fsp3) is 0.500. The van der Waals surface area contributed by atoms with Crippen molar-refractivity contribution >= 4 is 23.2 Å². The molecule has 170 valence electrons. The molecule has 0 aliphatic carbocycles. The van der Waals surface area contributed by atoms with Crippen molar-refractivity contribution in [3.63, 3.8) is 0 Å². The van der Waals surface area contributed by atoms with Crippen LogP contribution in [-0.4, -0.2) is 71.8 Å². The Morgan fingerprint density at radius 2 is 2.00 bits per heavy atom. The van der Waals surface area contributed by atoms with Crippen molar-refractivity contribution in [3.8, 4) is 0 Å². The Hall–Kier alpha value is -2.37. The van der Waals surface area contributed by atoms with Crippen molar-refractivity contribution in [2.24, 2.45) is 5.92 Å². The quantitative estimate of drug-likeness (QED) is 0.757. The van der Waals surface area contributed by atoms with Gasteiger partial charge < -0.3 is 19.2 Å². The largest absolute Gasteiger partial charge is 0.490 e. The fourth-order valence-corrected chi connectivity index (χ4v) is 4.26. The number of hydrogen-bond acceptors (Lipinski definition) is 6. The number of amides is 1. The van der Waals surface area contributed by atoms with E-state index in [2.05, 4.69) is 4.90 Å². The van der Waals surface area contributed by atoms with Crippen molar-refractivity contribution in [1.82, 2.24) is 9.80 Å². The SMILES string of the molecule is O=C(O)C(F)(F)F.O=C(c1ccsc1)N1CCO[C@@H]2CN(Cc3ccco3)CC[C@@H]2C1. The number of likely N-dealkylation sites (tertiary alicyclic amines) is 1. The summed E-state index contributed by atoms with van der Waals surface area (Å²) in [5.74, 6) is -1.20. The van der Waals surface area contributed by atoms with Gasteiger partial charge in [0.1, 0.15) is 5.76 Å². The van der Waals surface area contributed by atoms with Crippen molar-refractivity contribution in [1.29, 1.82) is 0 Å². The lowest BCUT2D eigenvalue weighted by Crippen LogP contribution is -2.47. The highest BCUT2D eigenvalue weighted by Crippen LogP contribution is 2.26. The van der Waals surface area contributed by atoms with Gasteiger partial charge in [0.25, 0.3) is 5.91 Å². The van der Waals surface area contributed by atoms with Crippen LogP contribution in [0.2, 0.25) is 0 Å². The molecule has 2 aliphatic heterocycles. The number of furan rings is 1. The highest BCUT2D eigenvalue weighted by atomic mass is 32.1. The van der Waals surface area contributed by atoms with Gasteiger partial charge in [-0.05, 0) is 36.5 Å². The van der Waals surface area contributed by atoms with Crippen LogP contribution in [0.3, 0.4) is 0 Å². The maximum atomic E-state index is 12.6. The number of nitrogens with zero attached hydrogens (tertiary/aromatic N) is 2. The van der Waals surface area contributed by atoms with E-state index in [-0.39, 0.29) is 12.0 Å². The zero-order chi connectivity index (χ0) is 22.4. The molecule has 4 heterocycles. The Labute approximate surface area is 181 Å². The first-order valence-corrected chi connectivity index (χ1v) is 10.7. The number of carbonyl (C=O) groups is 2. The first-order valence-electron chi connectivity index (χ1n) is 9.72. The van der Waals surface area contributed by atoms with Gasteiger partial charge in [0.2, 0.25) is 0 Å². The summed E-state index contributed by atoms with van der Waals surface area (Å²) >= 11 is 1.57. The van der Waals surface area contributed by atoms with Crippen LogP contribution in [0.25, 0.3) is 0 Å². The van der Waals surface area contributed by atoms with Gasteiger partial charge >= 0.3 is 12.1 Å². The van der Waals surface area contributed by atoms with E-state index in [1.807, 2.05) is 33.9 Å². The van der Waals surface area contributed by atoms with Crippen LogP contribution >= 0.6 is 11.3 Å². The first kappa shape index (κ1) is 23.3. The van der Waals surface area contributed by atoms with Crippen molar-refractivity contribution in [3.05, 3.63) is 46.5 Å². The number of carboxylic acids is 1. The van der Waals surface area contributed by atoms with Crippen molar-refractivity contribution in [2.45, 2.75) is 25.2 Å². The number of thiophene rings is 1. The molecule has 0 unspecified atom stereocenters. The average Bonchev–Trinajstić information content (AvgIpc) is 3.38. The highest BCUT2D eigenvalue weighted by Gasteiger charge is 2.38.